The SMILES string of the molecule is CCN(C(=O)c1cnc(Nc2ccc(Cl)c(Cl)c2)nc1)c1ccccc1. The molecule has 0 atom stereocenters. The minimum atomic E-state index is -0.153. The van der Waals surface area contributed by atoms with Crippen LogP contribution in [0.15, 0.2) is 60.9 Å². The van der Waals surface area contributed by atoms with Gasteiger partial charge in [-0.05, 0) is 37.3 Å². The van der Waals surface area contributed by atoms with Gasteiger partial charge in [-0.15, -0.1) is 0 Å². The maximum atomic E-state index is 12.7. The summed E-state index contributed by atoms with van der Waals surface area (Å²) in [6.45, 7) is 2.47. The number of hydrogen-bond acceptors (Lipinski definition) is 4. The lowest BCUT2D eigenvalue weighted by atomic mass is 10.2. The van der Waals surface area contributed by atoms with Crippen LogP contribution in [-0.2, 0) is 0 Å². The minimum absolute atomic E-state index is 0.153. The molecule has 0 bridgehead atoms. The van der Waals surface area contributed by atoms with E-state index in [9.17, 15) is 4.79 Å². The lowest BCUT2D eigenvalue weighted by Crippen LogP contribution is -2.30. The Morgan fingerprint density at radius 2 is 1.73 bits per heavy atom. The molecule has 0 saturated heterocycles. The molecule has 1 aromatic heterocycles. The Labute approximate surface area is 161 Å². The molecule has 0 radical (unpaired) electrons. The van der Waals surface area contributed by atoms with E-state index in [1.165, 1.54) is 12.4 Å². The molecule has 1 heterocycles. The Morgan fingerprint density at radius 1 is 1.04 bits per heavy atom. The molecule has 132 valence electrons. The molecule has 0 saturated carbocycles. The van der Waals surface area contributed by atoms with Crippen LogP contribution < -0.4 is 10.2 Å². The maximum absolute atomic E-state index is 12.7. The van der Waals surface area contributed by atoms with E-state index in [4.69, 9.17) is 23.2 Å². The Morgan fingerprint density at radius 3 is 2.35 bits per heavy atom. The summed E-state index contributed by atoms with van der Waals surface area (Å²) in [6, 6.07) is 14.6. The molecule has 7 heteroatoms. The van der Waals surface area contributed by atoms with Crippen LogP contribution in [0, 0.1) is 0 Å². The third-order valence-corrected chi connectivity index (χ3v) is 4.44. The first-order chi connectivity index (χ1) is 12.6. The number of para-hydroxylation sites is 1. The predicted molar refractivity (Wildman–Crippen MR) is 106 cm³/mol. The van der Waals surface area contributed by atoms with Crippen molar-refractivity contribution in [2.24, 2.45) is 0 Å². The van der Waals surface area contributed by atoms with Crippen molar-refractivity contribution >= 4 is 46.4 Å². The quantitative estimate of drug-likeness (QED) is 0.654. The van der Waals surface area contributed by atoms with Gasteiger partial charge in [0.25, 0.3) is 5.91 Å². The van der Waals surface area contributed by atoms with Crippen molar-refractivity contribution in [3.05, 3.63) is 76.5 Å². The largest absolute Gasteiger partial charge is 0.324 e. The van der Waals surface area contributed by atoms with Crippen molar-refractivity contribution < 1.29 is 4.79 Å². The summed E-state index contributed by atoms with van der Waals surface area (Å²) in [7, 11) is 0. The number of nitrogens with one attached hydrogen (secondary N) is 1. The third kappa shape index (κ3) is 4.12. The Bertz CT molecular complexity index is 901. The van der Waals surface area contributed by atoms with Crippen LogP contribution in [0.25, 0.3) is 0 Å². The first-order valence-electron chi connectivity index (χ1n) is 7.99. The van der Waals surface area contributed by atoms with Crippen LogP contribution in [-0.4, -0.2) is 22.4 Å². The van der Waals surface area contributed by atoms with Crippen LogP contribution in [0.4, 0.5) is 17.3 Å². The first kappa shape index (κ1) is 18.2. The van der Waals surface area contributed by atoms with Crippen LogP contribution in [0.5, 0.6) is 0 Å². The van der Waals surface area contributed by atoms with Gasteiger partial charge >= 0.3 is 0 Å². The fourth-order valence-corrected chi connectivity index (χ4v) is 2.71. The van der Waals surface area contributed by atoms with E-state index in [-0.39, 0.29) is 5.91 Å². The van der Waals surface area contributed by atoms with Gasteiger partial charge in [0.2, 0.25) is 5.95 Å². The highest BCUT2D eigenvalue weighted by atomic mass is 35.5. The lowest BCUT2D eigenvalue weighted by molar-refractivity contribution is 0.0987. The molecule has 3 rings (SSSR count). The summed E-state index contributed by atoms with van der Waals surface area (Å²) in [4.78, 5) is 22.8. The van der Waals surface area contributed by atoms with Gasteiger partial charge in [0.15, 0.2) is 0 Å². The number of rotatable bonds is 5. The fraction of sp³-hybridized carbons (Fsp3) is 0.105. The van der Waals surface area contributed by atoms with Gasteiger partial charge in [-0.3, -0.25) is 4.79 Å². The number of benzene rings is 2. The van der Waals surface area contributed by atoms with Gasteiger partial charge in [-0.2, -0.15) is 0 Å². The second-order valence-corrected chi connectivity index (χ2v) is 6.25. The van der Waals surface area contributed by atoms with Gasteiger partial charge in [-0.25, -0.2) is 9.97 Å². The van der Waals surface area contributed by atoms with Crippen molar-refractivity contribution in [1.82, 2.24) is 9.97 Å². The molecule has 0 aliphatic heterocycles. The number of hydrogen-bond donors (Lipinski definition) is 1. The summed E-state index contributed by atoms with van der Waals surface area (Å²) in [6.07, 6.45) is 3.00. The van der Waals surface area contributed by atoms with Crippen LogP contribution in [0.2, 0.25) is 10.0 Å². The summed E-state index contributed by atoms with van der Waals surface area (Å²) >= 11 is 11.9. The van der Waals surface area contributed by atoms with Gasteiger partial charge in [0.05, 0.1) is 15.6 Å². The number of aromatic nitrogens is 2. The number of anilines is 3. The second kappa shape index (κ2) is 8.17. The van der Waals surface area contributed by atoms with E-state index in [2.05, 4.69) is 15.3 Å². The zero-order chi connectivity index (χ0) is 18.5. The molecule has 2 aromatic carbocycles. The van der Waals surface area contributed by atoms with E-state index >= 15 is 0 Å². The Kier molecular flexibility index (Phi) is 5.71. The standard InChI is InChI=1S/C19H16Cl2N4O/c1-2-25(15-6-4-3-5-7-15)18(26)13-11-22-19(23-12-13)24-14-8-9-16(20)17(21)10-14/h3-12H,2H2,1H3,(H,22,23,24). The highest BCUT2D eigenvalue weighted by molar-refractivity contribution is 6.42. The van der Waals surface area contributed by atoms with Gasteiger partial charge in [-0.1, -0.05) is 41.4 Å². The molecule has 1 N–H and O–H groups in total. The fourth-order valence-electron chi connectivity index (χ4n) is 2.41. The van der Waals surface area contributed by atoms with E-state index in [0.29, 0.717) is 33.8 Å². The van der Waals surface area contributed by atoms with Crippen LogP contribution in [0.1, 0.15) is 17.3 Å². The average Bonchev–Trinajstić information content (AvgIpc) is 2.67. The van der Waals surface area contributed by atoms with E-state index in [1.807, 2.05) is 37.3 Å². The molecule has 0 aliphatic carbocycles. The van der Waals surface area contributed by atoms with Crippen LogP contribution in [0.3, 0.4) is 0 Å². The van der Waals surface area contributed by atoms with E-state index in [0.717, 1.165) is 5.69 Å². The second-order valence-electron chi connectivity index (χ2n) is 5.43. The van der Waals surface area contributed by atoms with Crippen molar-refractivity contribution in [3.8, 4) is 0 Å². The molecular weight excluding hydrogens is 371 g/mol. The lowest BCUT2D eigenvalue weighted by Gasteiger charge is -2.20. The molecule has 0 aliphatic rings. The summed E-state index contributed by atoms with van der Waals surface area (Å²) in [5.41, 5.74) is 1.95. The van der Waals surface area contributed by atoms with Gasteiger partial charge in [0, 0.05) is 30.3 Å². The molecular formula is C19H16Cl2N4O. The Balaban J connectivity index is 1.76. The normalized spacial score (nSPS) is 10.4. The minimum Gasteiger partial charge on any atom is -0.324 e. The van der Waals surface area contributed by atoms with Gasteiger partial charge in [0.1, 0.15) is 0 Å². The molecule has 1 amide bonds. The molecule has 0 spiro atoms. The Hall–Kier alpha value is -2.63. The topological polar surface area (TPSA) is 58.1 Å². The zero-order valence-corrected chi connectivity index (χ0v) is 15.5. The number of carbonyl (C=O) groups is 1. The molecule has 26 heavy (non-hydrogen) atoms. The molecule has 3 aromatic rings. The highest BCUT2D eigenvalue weighted by Gasteiger charge is 2.16. The predicted octanol–water partition coefficient (Wildman–Crippen LogP) is 5.19. The number of halogens is 2. The average molecular weight is 387 g/mol. The summed E-state index contributed by atoms with van der Waals surface area (Å²) in [5, 5.41) is 3.93. The maximum Gasteiger partial charge on any atom is 0.261 e. The number of carbonyl (C=O) groups excluding carboxylic acids is 1. The molecule has 5 nitrogen and oxygen atoms in total. The molecule has 0 fully saturated rings. The smallest absolute Gasteiger partial charge is 0.261 e. The van der Waals surface area contributed by atoms with Gasteiger partial charge < -0.3 is 10.2 Å². The summed E-state index contributed by atoms with van der Waals surface area (Å²) < 4.78 is 0. The first-order valence-corrected chi connectivity index (χ1v) is 8.75. The zero-order valence-electron chi connectivity index (χ0n) is 14.0. The van der Waals surface area contributed by atoms with E-state index < -0.39 is 0 Å². The third-order valence-electron chi connectivity index (χ3n) is 3.70. The monoisotopic (exact) mass is 386 g/mol. The van der Waals surface area contributed by atoms with Crippen molar-refractivity contribution in [2.75, 3.05) is 16.8 Å². The summed E-state index contributed by atoms with van der Waals surface area (Å²) in [5.74, 6) is 0.211. The van der Waals surface area contributed by atoms with Crippen molar-refractivity contribution in [1.29, 1.82) is 0 Å². The van der Waals surface area contributed by atoms with Crippen molar-refractivity contribution in [2.45, 2.75) is 6.92 Å². The number of amides is 1. The highest BCUT2D eigenvalue weighted by Crippen LogP contribution is 2.26. The van der Waals surface area contributed by atoms with Crippen LogP contribution >= 0.6 is 23.2 Å². The van der Waals surface area contributed by atoms with Crippen molar-refractivity contribution in [3.63, 3.8) is 0 Å². The molecule has 0 unspecified atom stereocenters. The number of nitrogens with zero attached hydrogens (tertiary/aromatic N) is 3. The van der Waals surface area contributed by atoms with E-state index in [1.54, 1.807) is 23.1 Å².